The lowest BCUT2D eigenvalue weighted by molar-refractivity contribution is 0.0690. The monoisotopic (exact) mass is 248 g/mol. The number of nitrogens with zero attached hydrogens (tertiary/aromatic N) is 2. The van der Waals surface area contributed by atoms with Gasteiger partial charge in [-0.05, 0) is 30.7 Å². The van der Waals surface area contributed by atoms with Gasteiger partial charge in [0, 0.05) is 0 Å². The number of ether oxygens (including phenoxy) is 1. The molecule has 1 aromatic heterocycles. The fourth-order valence-corrected chi connectivity index (χ4v) is 1.32. The van der Waals surface area contributed by atoms with Crippen LogP contribution in [-0.2, 0) is 0 Å². The van der Waals surface area contributed by atoms with Crippen molar-refractivity contribution in [3.63, 3.8) is 0 Å². The standard InChI is InChI=1S/C12H9FN2O3/c1-7-4-8(13)2-3-10(7)18-11-6-14-9(5-15-11)12(16)17/h2-6H,1H3,(H,16,17). The number of aryl methyl sites for hydroxylation is 1. The Kier molecular flexibility index (Phi) is 3.18. The molecule has 0 unspecified atom stereocenters. The Labute approximate surface area is 102 Å². The van der Waals surface area contributed by atoms with Gasteiger partial charge in [0.15, 0.2) is 5.69 Å². The van der Waals surface area contributed by atoms with Crippen molar-refractivity contribution in [1.29, 1.82) is 0 Å². The number of hydrogen-bond acceptors (Lipinski definition) is 4. The summed E-state index contributed by atoms with van der Waals surface area (Å²) in [5.74, 6) is -0.928. The van der Waals surface area contributed by atoms with Crippen molar-refractivity contribution in [1.82, 2.24) is 9.97 Å². The summed E-state index contributed by atoms with van der Waals surface area (Å²) in [5.41, 5.74) is 0.442. The minimum atomic E-state index is -1.16. The van der Waals surface area contributed by atoms with Crippen molar-refractivity contribution in [3.05, 3.63) is 47.7 Å². The van der Waals surface area contributed by atoms with E-state index < -0.39 is 5.97 Å². The SMILES string of the molecule is Cc1cc(F)ccc1Oc1cnc(C(=O)O)cn1. The number of benzene rings is 1. The van der Waals surface area contributed by atoms with Crippen LogP contribution in [0, 0.1) is 12.7 Å². The largest absolute Gasteiger partial charge is 0.476 e. The molecule has 0 bridgehead atoms. The molecule has 1 N–H and O–H groups in total. The Hall–Kier alpha value is -2.50. The van der Waals surface area contributed by atoms with Crippen LogP contribution in [0.25, 0.3) is 0 Å². The molecule has 2 rings (SSSR count). The van der Waals surface area contributed by atoms with E-state index in [0.717, 1.165) is 6.20 Å². The van der Waals surface area contributed by atoms with Gasteiger partial charge in [-0.15, -0.1) is 0 Å². The molecular weight excluding hydrogens is 239 g/mol. The van der Waals surface area contributed by atoms with Crippen molar-refractivity contribution < 1.29 is 19.0 Å². The molecule has 0 amide bonds. The van der Waals surface area contributed by atoms with Crippen LogP contribution in [0.15, 0.2) is 30.6 Å². The molecule has 92 valence electrons. The number of halogens is 1. The van der Waals surface area contributed by atoms with Crippen LogP contribution in [0.2, 0.25) is 0 Å². The van der Waals surface area contributed by atoms with E-state index >= 15 is 0 Å². The average Bonchev–Trinajstić information content (AvgIpc) is 2.33. The third-order valence-corrected chi connectivity index (χ3v) is 2.20. The number of aromatic carboxylic acids is 1. The lowest BCUT2D eigenvalue weighted by atomic mass is 10.2. The summed E-state index contributed by atoms with van der Waals surface area (Å²) in [5, 5.41) is 8.66. The molecule has 0 saturated heterocycles. The van der Waals surface area contributed by atoms with E-state index in [-0.39, 0.29) is 17.4 Å². The predicted octanol–water partition coefficient (Wildman–Crippen LogP) is 2.41. The Bertz CT molecular complexity index is 584. The quantitative estimate of drug-likeness (QED) is 0.902. The Morgan fingerprint density at radius 3 is 2.67 bits per heavy atom. The van der Waals surface area contributed by atoms with Gasteiger partial charge in [0.1, 0.15) is 11.6 Å². The summed E-state index contributed by atoms with van der Waals surface area (Å²) < 4.78 is 18.2. The molecule has 2 aromatic rings. The molecule has 0 fully saturated rings. The van der Waals surface area contributed by atoms with E-state index in [1.807, 2.05) is 0 Å². The number of carboxylic acids is 1. The molecule has 18 heavy (non-hydrogen) atoms. The molecule has 6 heteroatoms. The molecule has 0 aliphatic heterocycles. The summed E-state index contributed by atoms with van der Waals surface area (Å²) in [4.78, 5) is 18.0. The summed E-state index contributed by atoms with van der Waals surface area (Å²) in [6, 6.07) is 4.06. The summed E-state index contributed by atoms with van der Waals surface area (Å²) in [6.07, 6.45) is 2.29. The Balaban J connectivity index is 2.21. The van der Waals surface area contributed by atoms with Gasteiger partial charge in [0.25, 0.3) is 0 Å². The number of carboxylic acid groups (broad SMARTS) is 1. The second-order valence-electron chi connectivity index (χ2n) is 3.56. The maximum Gasteiger partial charge on any atom is 0.356 e. The first-order chi connectivity index (χ1) is 8.56. The minimum Gasteiger partial charge on any atom is -0.476 e. The van der Waals surface area contributed by atoms with Gasteiger partial charge in [-0.3, -0.25) is 0 Å². The van der Waals surface area contributed by atoms with Gasteiger partial charge in [-0.25, -0.2) is 19.2 Å². The maximum atomic E-state index is 12.9. The third-order valence-electron chi connectivity index (χ3n) is 2.20. The highest BCUT2D eigenvalue weighted by Crippen LogP contribution is 2.23. The van der Waals surface area contributed by atoms with Crippen molar-refractivity contribution in [3.8, 4) is 11.6 Å². The van der Waals surface area contributed by atoms with Crippen LogP contribution < -0.4 is 4.74 Å². The second kappa shape index (κ2) is 4.79. The molecule has 5 nitrogen and oxygen atoms in total. The normalized spacial score (nSPS) is 10.1. The van der Waals surface area contributed by atoms with Gasteiger partial charge in [0.05, 0.1) is 12.4 Å². The summed E-state index contributed by atoms with van der Waals surface area (Å²) >= 11 is 0. The van der Waals surface area contributed by atoms with E-state index in [9.17, 15) is 9.18 Å². The van der Waals surface area contributed by atoms with Crippen molar-refractivity contribution in [2.24, 2.45) is 0 Å². The maximum absolute atomic E-state index is 12.9. The van der Waals surface area contributed by atoms with Gasteiger partial charge in [0.2, 0.25) is 5.88 Å². The fraction of sp³-hybridized carbons (Fsp3) is 0.0833. The van der Waals surface area contributed by atoms with E-state index in [1.54, 1.807) is 6.92 Å². The van der Waals surface area contributed by atoms with Crippen molar-refractivity contribution >= 4 is 5.97 Å². The molecule has 0 aliphatic rings. The molecule has 0 spiro atoms. The molecular formula is C12H9FN2O3. The first-order valence-electron chi connectivity index (χ1n) is 5.05. The number of aromatic nitrogens is 2. The highest BCUT2D eigenvalue weighted by atomic mass is 19.1. The number of carbonyl (C=O) groups is 1. The highest BCUT2D eigenvalue weighted by Gasteiger charge is 2.07. The number of hydrogen-bond donors (Lipinski definition) is 1. The zero-order valence-corrected chi connectivity index (χ0v) is 9.42. The minimum absolute atomic E-state index is 0.148. The summed E-state index contributed by atoms with van der Waals surface area (Å²) in [7, 11) is 0. The fourth-order valence-electron chi connectivity index (χ4n) is 1.32. The van der Waals surface area contributed by atoms with Gasteiger partial charge in [-0.2, -0.15) is 0 Å². The average molecular weight is 248 g/mol. The van der Waals surface area contributed by atoms with E-state index in [1.165, 1.54) is 24.4 Å². The first kappa shape index (κ1) is 12.0. The first-order valence-corrected chi connectivity index (χ1v) is 5.05. The van der Waals surface area contributed by atoms with Crippen LogP contribution >= 0.6 is 0 Å². The van der Waals surface area contributed by atoms with Crippen LogP contribution in [-0.4, -0.2) is 21.0 Å². The van der Waals surface area contributed by atoms with E-state index in [2.05, 4.69) is 9.97 Å². The predicted molar refractivity (Wildman–Crippen MR) is 60.2 cm³/mol. The Morgan fingerprint density at radius 1 is 1.33 bits per heavy atom. The second-order valence-corrected chi connectivity index (χ2v) is 3.56. The Morgan fingerprint density at radius 2 is 2.11 bits per heavy atom. The molecule has 0 atom stereocenters. The van der Waals surface area contributed by atoms with Crippen LogP contribution in [0.4, 0.5) is 4.39 Å². The number of rotatable bonds is 3. The molecule has 0 aliphatic carbocycles. The highest BCUT2D eigenvalue weighted by molar-refractivity contribution is 5.84. The van der Waals surface area contributed by atoms with E-state index in [0.29, 0.717) is 11.3 Å². The molecule has 1 aromatic carbocycles. The van der Waals surface area contributed by atoms with Crippen molar-refractivity contribution in [2.75, 3.05) is 0 Å². The van der Waals surface area contributed by atoms with Crippen LogP contribution in [0.3, 0.4) is 0 Å². The van der Waals surface area contributed by atoms with Gasteiger partial charge in [-0.1, -0.05) is 0 Å². The molecule has 0 radical (unpaired) electrons. The topological polar surface area (TPSA) is 72.3 Å². The lowest BCUT2D eigenvalue weighted by Gasteiger charge is -2.07. The van der Waals surface area contributed by atoms with E-state index in [4.69, 9.17) is 9.84 Å². The van der Waals surface area contributed by atoms with Crippen molar-refractivity contribution in [2.45, 2.75) is 6.92 Å². The van der Waals surface area contributed by atoms with Crippen LogP contribution in [0.5, 0.6) is 11.6 Å². The van der Waals surface area contributed by atoms with Crippen LogP contribution in [0.1, 0.15) is 16.1 Å². The molecule has 1 heterocycles. The van der Waals surface area contributed by atoms with Gasteiger partial charge < -0.3 is 9.84 Å². The zero-order valence-electron chi connectivity index (χ0n) is 9.42. The summed E-state index contributed by atoms with van der Waals surface area (Å²) in [6.45, 7) is 1.69. The smallest absolute Gasteiger partial charge is 0.356 e. The third kappa shape index (κ3) is 2.60. The lowest BCUT2D eigenvalue weighted by Crippen LogP contribution is -2.01. The zero-order chi connectivity index (χ0) is 13.1. The molecule has 0 saturated carbocycles. The van der Waals surface area contributed by atoms with Gasteiger partial charge >= 0.3 is 5.97 Å².